The second kappa shape index (κ2) is 5.18. The van der Waals surface area contributed by atoms with Gasteiger partial charge in [-0.15, -0.1) is 0 Å². The topological polar surface area (TPSA) is 54.5 Å². The lowest BCUT2D eigenvalue weighted by Gasteiger charge is -2.39. The van der Waals surface area contributed by atoms with Gasteiger partial charge in [-0.3, -0.25) is 0 Å². The number of fused-ring (bicyclic) bond motifs is 1. The zero-order valence-electron chi connectivity index (χ0n) is 12.4. The number of rotatable bonds is 2. The fraction of sp³-hybridized carbons (Fsp3) is 0.467. The molecule has 112 valence electrons. The van der Waals surface area contributed by atoms with Crippen molar-refractivity contribution in [1.29, 1.82) is 0 Å². The normalized spacial score (nSPS) is 15.9. The molecule has 0 unspecified atom stereocenters. The first kappa shape index (κ1) is 14.1. The lowest BCUT2D eigenvalue weighted by atomic mass is 10.1. The van der Waals surface area contributed by atoms with Crippen LogP contribution in [0.5, 0.6) is 0 Å². The van der Waals surface area contributed by atoms with Crippen LogP contribution in [0.25, 0.3) is 10.2 Å². The van der Waals surface area contributed by atoms with E-state index in [0.29, 0.717) is 0 Å². The number of anilines is 1. The van der Waals surface area contributed by atoms with Gasteiger partial charge in [0, 0.05) is 13.1 Å². The molecule has 1 N–H and O–H groups in total. The number of benzene rings is 1. The van der Waals surface area contributed by atoms with Crippen LogP contribution in [0, 0.1) is 0 Å². The molecule has 3 rings (SSSR count). The maximum atomic E-state index is 11.7. The molecule has 6 heteroatoms. The molecule has 0 atom stereocenters. The smallest absolute Gasteiger partial charge is 0.407 e. The van der Waals surface area contributed by atoms with Gasteiger partial charge >= 0.3 is 6.09 Å². The third-order valence-electron chi connectivity index (χ3n) is 3.16. The summed E-state index contributed by atoms with van der Waals surface area (Å²) in [6.07, 6.45) is -0.351. The van der Waals surface area contributed by atoms with Gasteiger partial charge in [0.15, 0.2) is 5.13 Å². The van der Waals surface area contributed by atoms with Gasteiger partial charge in [0.25, 0.3) is 0 Å². The molecule has 2 aromatic rings. The van der Waals surface area contributed by atoms with E-state index in [2.05, 4.69) is 21.3 Å². The van der Waals surface area contributed by atoms with Gasteiger partial charge < -0.3 is 15.0 Å². The molecule has 1 aliphatic rings. The number of aromatic nitrogens is 1. The average Bonchev–Trinajstić information content (AvgIpc) is 2.73. The van der Waals surface area contributed by atoms with Crippen LogP contribution in [0.2, 0.25) is 0 Å². The number of nitrogens with zero attached hydrogens (tertiary/aromatic N) is 2. The van der Waals surface area contributed by atoms with Crippen LogP contribution in [0.4, 0.5) is 9.93 Å². The van der Waals surface area contributed by atoms with Crippen molar-refractivity contribution in [2.45, 2.75) is 32.4 Å². The summed E-state index contributed by atoms with van der Waals surface area (Å²) in [4.78, 5) is 18.5. The van der Waals surface area contributed by atoms with E-state index >= 15 is 0 Å². The quantitative estimate of drug-likeness (QED) is 0.926. The van der Waals surface area contributed by atoms with E-state index in [0.717, 1.165) is 23.7 Å². The minimum Gasteiger partial charge on any atom is -0.444 e. The van der Waals surface area contributed by atoms with Gasteiger partial charge in [-0.2, -0.15) is 0 Å². The fourth-order valence-corrected chi connectivity index (χ4v) is 3.18. The summed E-state index contributed by atoms with van der Waals surface area (Å²) in [7, 11) is 0. The van der Waals surface area contributed by atoms with Crippen molar-refractivity contribution in [3.05, 3.63) is 24.3 Å². The summed E-state index contributed by atoms with van der Waals surface area (Å²) >= 11 is 1.68. The standard InChI is InChI=1S/C15H19N3O2S/c1-15(2,3)20-14(19)16-10-8-18(9-10)13-17-11-6-4-5-7-12(11)21-13/h4-7,10H,8-9H2,1-3H3,(H,16,19). The first-order valence-corrected chi connectivity index (χ1v) is 7.82. The highest BCUT2D eigenvalue weighted by molar-refractivity contribution is 7.22. The van der Waals surface area contributed by atoms with Crippen molar-refractivity contribution in [3.63, 3.8) is 0 Å². The van der Waals surface area contributed by atoms with Gasteiger partial charge in [0.2, 0.25) is 0 Å². The van der Waals surface area contributed by atoms with Gasteiger partial charge in [0.1, 0.15) is 5.60 Å². The molecule has 1 amide bonds. The Hall–Kier alpha value is -1.82. The molecule has 5 nitrogen and oxygen atoms in total. The maximum absolute atomic E-state index is 11.7. The molecule has 0 radical (unpaired) electrons. The molecule has 1 fully saturated rings. The van der Waals surface area contributed by atoms with Crippen LogP contribution in [0.1, 0.15) is 20.8 Å². The Morgan fingerprint density at radius 2 is 2.10 bits per heavy atom. The number of nitrogens with one attached hydrogen (secondary N) is 1. The van der Waals surface area contributed by atoms with Gasteiger partial charge in [-0.1, -0.05) is 23.5 Å². The molecule has 1 aromatic carbocycles. The third kappa shape index (κ3) is 3.26. The zero-order chi connectivity index (χ0) is 15.0. The number of hydrogen-bond acceptors (Lipinski definition) is 5. The van der Waals surface area contributed by atoms with Crippen LogP contribution in [0.3, 0.4) is 0 Å². The molecule has 1 aromatic heterocycles. The Bertz CT molecular complexity index is 623. The summed E-state index contributed by atoms with van der Waals surface area (Å²) in [5, 5.41) is 3.89. The third-order valence-corrected chi connectivity index (χ3v) is 4.25. The average molecular weight is 305 g/mol. The molecular formula is C15H19N3O2S. The lowest BCUT2D eigenvalue weighted by molar-refractivity contribution is 0.0496. The number of amides is 1. The number of hydrogen-bond donors (Lipinski definition) is 1. The molecule has 0 spiro atoms. The molecule has 2 heterocycles. The van der Waals surface area contributed by atoms with Gasteiger partial charge in [-0.05, 0) is 32.9 Å². The highest BCUT2D eigenvalue weighted by Crippen LogP contribution is 2.31. The van der Waals surface area contributed by atoms with Crippen molar-refractivity contribution in [3.8, 4) is 0 Å². The highest BCUT2D eigenvalue weighted by Gasteiger charge is 2.31. The summed E-state index contributed by atoms with van der Waals surface area (Å²) in [5.41, 5.74) is 0.571. The first-order chi connectivity index (χ1) is 9.90. The molecule has 0 bridgehead atoms. The Morgan fingerprint density at radius 3 is 2.76 bits per heavy atom. The lowest BCUT2D eigenvalue weighted by Crippen LogP contribution is -2.60. The van der Waals surface area contributed by atoms with Crippen molar-refractivity contribution in [2.24, 2.45) is 0 Å². The van der Waals surface area contributed by atoms with Crippen LogP contribution in [-0.2, 0) is 4.74 Å². The van der Waals surface area contributed by atoms with Crippen molar-refractivity contribution >= 4 is 32.8 Å². The van der Waals surface area contributed by atoms with E-state index in [9.17, 15) is 4.79 Å². The number of carbonyl (C=O) groups excluding carboxylic acids is 1. The monoisotopic (exact) mass is 305 g/mol. The minimum absolute atomic E-state index is 0.131. The minimum atomic E-state index is -0.458. The SMILES string of the molecule is CC(C)(C)OC(=O)NC1CN(c2nc3ccccc3s2)C1. The van der Waals surface area contributed by atoms with Crippen molar-refractivity contribution in [1.82, 2.24) is 10.3 Å². The predicted molar refractivity (Wildman–Crippen MR) is 85.0 cm³/mol. The number of thiazole rings is 1. The Morgan fingerprint density at radius 1 is 1.38 bits per heavy atom. The molecule has 1 saturated heterocycles. The first-order valence-electron chi connectivity index (χ1n) is 7.01. The number of para-hydroxylation sites is 1. The second-order valence-corrected chi connectivity index (χ2v) is 7.22. The van der Waals surface area contributed by atoms with Gasteiger partial charge in [0.05, 0.1) is 16.3 Å². The van der Waals surface area contributed by atoms with E-state index in [-0.39, 0.29) is 12.1 Å². The van der Waals surface area contributed by atoms with Crippen LogP contribution < -0.4 is 10.2 Å². The Kier molecular flexibility index (Phi) is 3.49. The van der Waals surface area contributed by atoms with Crippen molar-refractivity contribution < 1.29 is 9.53 Å². The van der Waals surface area contributed by atoms with E-state index < -0.39 is 5.60 Å². The summed E-state index contributed by atoms with van der Waals surface area (Å²) in [6, 6.07) is 8.24. The Labute approximate surface area is 127 Å². The van der Waals surface area contributed by atoms with Crippen LogP contribution >= 0.6 is 11.3 Å². The largest absolute Gasteiger partial charge is 0.444 e. The molecule has 0 aliphatic carbocycles. The molecule has 0 saturated carbocycles. The maximum Gasteiger partial charge on any atom is 0.407 e. The number of alkyl carbamates (subject to hydrolysis) is 1. The highest BCUT2D eigenvalue weighted by atomic mass is 32.1. The van der Waals surface area contributed by atoms with Crippen LogP contribution in [-0.4, -0.2) is 35.8 Å². The Balaban J connectivity index is 1.55. The van der Waals surface area contributed by atoms with E-state index in [1.54, 1.807) is 11.3 Å². The molecule has 1 aliphatic heterocycles. The summed E-state index contributed by atoms with van der Waals surface area (Å²) in [5.74, 6) is 0. The number of ether oxygens (including phenoxy) is 1. The van der Waals surface area contributed by atoms with E-state index in [1.165, 1.54) is 4.70 Å². The molecular weight excluding hydrogens is 286 g/mol. The van der Waals surface area contributed by atoms with E-state index in [1.807, 2.05) is 39.0 Å². The van der Waals surface area contributed by atoms with Crippen LogP contribution in [0.15, 0.2) is 24.3 Å². The number of carbonyl (C=O) groups is 1. The summed E-state index contributed by atoms with van der Waals surface area (Å²) in [6.45, 7) is 7.14. The van der Waals surface area contributed by atoms with E-state index in [4.69, 9.17) is 4.74 Å². The fourth-order valence-electron chi connectivity index (χ4n) is 2.20. The summed E-state index contributed by atoms with van der Waals surface area (Å²) < 4.78 is 6.44. The predicted octanol–water partition coefficient (Wildman–Crippen LogP) is 3.01. The van der Waals surface area contributed by atoms with Gasteiger partial charge in [-0.25, -0.2) is 9.78 Å². The van der Waals surface area contributed by atoms with Crippen molar-refractivity contribution in [2.75, 3.05) is 18.0 Å². The second-order valence-electron chi connectivity index (χ2n) is 6.21. The molecule has 21 heavy (non-hydrogen) atoms. The zero-order valence-corrected chi connectivity index (χ0v) is 13.2.